The number of aromatic nitrogens is 3. The predicted octanol–water partition coefficient (Wildman–Crippen LogP) is 2.74. The Hall–Kier alpha value is -4.25. The molecule has 1 aliphatic carbocycles. The largest absolute Gasteiger partial charge is 0.471 e. The zero-order valence-electron chi connectivity index (χ0n) is 21.6. The number of anilines is 1. The van der Waals surface area contributed by atoms with Crippen LogP contribution in [0, 0.1) is 17.2 Å². The van der Waals surface area contributed by atoms with Gasteiger partial charge in [0.25, 0.3) is 5.91 Å². The van der Waals surface area contributed by atoms with Crippen LogP contribution in [0.5, 0.6) is 0 Å². The van der Waals surface area contributed by atoms with Crippen molar-refractivity contribution in [1.82, 2.24) is 19.9 Å². The highest BCUT2D eigenvalue weighted by molar-refractivity contribution is 5.99. The molecule has 1 aliphatic rings. The summed E-state index contributed by atoms with van der Waals surface area (Å²) in [5, 5.41) is 25.6. The average Bonchev–Trinajstić information content (AvgIpc) is 3.28. The standard InChI is InChI=1S/C26H27F4N7O3/c1-25(2,40)22(27)13-36(17-5-14(6-17)10-34-24(39)26(28,29)30)21-8-19(33-12-18(21)23(32)38)20-4-3-16-7-15(9-31)11-35-37(16)20/h3-4,7-8,11-12,14,17,22,40H,5-6,10,13H2,1-2H3,(H2,32,38)(H,34,39)/t14?,17?,22-/m1/s1. The molecule has 3 heterocycles. The van der Waals surface area contributed by atoms with Gasteiger partial charge in [-0.2, -0.15) is 23.5 Å². The highest BCUT2D eigenvalue weighted by Gasteiger charge is 2.42. The summed E-state index contributed by atoms with van der Waals surface area (Å²) in [6.07, 6.45) is -3.56. The van der Waals surface area contributed by atoms with Gasteiger partial charge >= 0.3 is 12.1 Å². The summed E-state index contributed by atoms with van der Waals surface area (Å²) in [4.78, 5) is 29.5. The molecule has 4 N–H and O–H groups in total. The van der Waals surface area contributed by atoms with Crippen LogP contribution in [0.25, 0.3) is 16.9 Å². The minimum atomic E-state index is -5.00. The molecular formula is C26H27F4N7O3. The Balaban J connectivity index is 1.68. The number of primary amides is 1. The van der Waals surface area contributed by atoms with Crippen molar-refractivity contribution in [3.8, 4) is 17.5 Å². The molecule has 14 heteroatoms. The third-order valence-electron chi connectivity index (χ3n) is 6.93. The van der Waals surface area contributed by atoms with Crippen molar-refractivity contribution in [3.63, 3.8) is 0 Å². The van der Waals surface area contributed by atoms with Gasteiger partial charge in [-0.05, 0) is 56.9 Å². The van der Waals surface area contributed by atoms with E-state index in [-0.39, 0.29) is 30.3 Å². The number of halogens is 4. The molecule has 3 aromatic rings. The number of amides is 2. The summed E-state index contributed by atoms with van der Waals surface area (Å²) in [7, 11) is 0. The van der Waals surface area contributed by atoms with Gasteiger partial charge in [0.1, 0.15) is 12.2 Å². The fourth-order valence-corrected chi connectivity index (χ4v) is 4.57. The van der Waals surface area contributed by atoms with E-state index in [1.54, 1.807) is 27.6 Å². The molecule has 0 spiro atoms. The van der Waals surface area contributed by atoms with Crippen LogP contribution < -0.4 is 16.0 Å². The second-order valence-electron chi connectivity index (χ2n) is 10.3. The molecule has 1 atom stereocenters. The van der Waals surface area contributed by atoms with Crippen molar-refractivity contribution in [2.24, 2.45) is 11.7 Å². The summed E-state index contributed by atoms with van der Waals surface area (Å²) in [6, 6.07) is 8.18. The number of nitriles is 1. The maximum absolute atomic E-state index is 15.2. The van der Waals surface area contributed by atoms with Gasteiger partial charge in [-0.15, -0.1) is 0 Å². The molecule has 0 aromatic carbocycles. The molecule has 1 saturated carbocycles. The van der Waals surface area contributed by atoms with Crippen molar-refractivity contribution in [2.45, 2.75) is 50.7 Å². The summed E-state index contributed by atoms with van der Waals surface area (Å²) in [6.45, 7) is 2.03. The van der Waals surface area contributed by atoms with Crippen molar-refractivity contribution in [3.05, 3.63) is 47.8 Å². The van der Waals surface area contributed by atoms with E-state index in [4.69, 9.17) is 11.0 Å². The van der Waals surface area contributed by atoms with E-state index in [0.29, 0.717) is 35.3 Å². The van der Waals surface area contributed by atoms with E-state index < -0.39 is 35.8 Å². The van der Waals surface area contributed by atoms with E-state index in [9.17, 15) is 27.9 Å². The Labute approximate surface area is 226 Å². The topological polar surface area (TPSA) is 150 Å². The van der Waals surface area contributed by atoms with Crippen molar-refractivity contribution in [1.29, 1.82) is 5.26 Å². The number of rotatable bonds is 9. The van der Waals surface area contributed by atoms with E-state index in [0.717, 1.165) is 0 Å². The minimum absolute atomic E-state index is 0.0129. The van der Waals surface area contributed by atoms with Gasteiger partial charge in [0.05, 0.1) is 52.1 Å². The molecule has 0 unspecified atom stereocenters. The maximum atomic E-state index is 15.2. The van der Waals surface area contributed by atoms with E-state index in [1.807, 2.05) is 11.4 Å². The summed E-state index contributed by atoms with van der Waals surface area (Å²) in [5.41, 5.74) is 5.94. The number of pyridine rings is 1. The number of carbonyl (C=O) groups excluding carboxylic acids is 2. The zero-order chi connectivity index (χ0) is 29.4. The van der Waals surface area contributed by atoms with Gasteiger partial charge in [0.2, 0.25) is 0 Å². The van der Waals surface area contributed by atoms with Gasteiger partial charge < -0.3 is 21.1 Å². The molecule has 1 fully saturated rings. The van der Waals surface area contributed by atoms with Crippen LogP contribution >= 0.6 is 0 Å². The molecule has 0 bridgehead atoms. The molecule has 3 aromatic heterocycles. The molecule has 0 aliphatic heterocycles. The Morgan fingerprint density at radius 2 is 1.98 bits per heavy atom. The lowest BCUT2D eigenvalue weighted by Gasteiger charge is -2.46. The van der Waals surface area contributed by atoms with Crippen LogP contribution in [0.4, 0.5) is 23.2 Å². The Morgan fingerprint density at radius 1 is 1.27 bits per heavy atom. The van der Waals surface area contributed by atoms with E-state index in [1.165, 1.54) is 32.3 Å². The normalized spacial score (nSPS) is 18.1. The van der Waals surface area contributed by atoms with Gasteiger partial charge in [-0.1, -0.05) is 0 Å². The first kappa shape index (κ1) is 28.8. The zero-order valence-corrected chi connectivity index (χ0v) is 21.6. The number of fused-ring (bicyclic) bond motifs is 1. The highest BCUT2D eigenvalue weighted by Crippen LogP contribution is 2.38. The first-order chi connectivity index (χ1) is 18.7. The van der Waals surface area contributed by atoms with Gasteiger partial charge in [0, 0.05) is 18.8 Å². The molecule has 212 valence electrons. The third-order valence-corrected chi connectivity index (χ3v) is 6.93. The monoisotopic (exact) mass is 561 g/mol. The number of alkyl halides is 4. The minimum Gasteiger partial charge on any atom is -0.387 e. The van der Waals surface area contributed by atoms with Crippen molar-refractivity contribution in [2.75, 3.05) is 18.0 Å². The number of nitrogens with zero attached hydrogens (tertiary/aromatic N) is 5. The van der Waals surface area contributed by atoms with E-state index >= 15 is 4.39 Å². The fourth-order valence-electron chi connectivity index (χ4n) is 4.57. The van der Waals surface area contributed by atoms with Gasteiger partial charge in [0.15, 0.2) is 0 Å². The van der Waals surface area contributed by atoms with Gasteiger partial charge in [-0.3, -0.25) is 14.6 Å². The number of nitrogens with one attached hydrogen (secondary N) is 1. The molecule has 0 radical (unpaired) electrons. The predicted molar refractivity (Wildman–Crippen MR) is 136 cm³/mol. The second-order valence-corrected chi connectivity index (χ2v) is 10.3. The molecule has 40 heavy (non-hydrogen) atoms. The number of hydrogen-bond acceptors (Lipinski definition) is 7. The number of carbonyl (C=O) groups is 2. The van der Waals surface area contributed by atoms with Gasteiger partial charge in [-0.25, -0.2) is 8.91 Å². The van der Waals surface area contributed by atoms with Crippen molar-refractivity contribution >= 4 is 23.0 Å². The Kier molecular flexibility index (Phi) is 7.71. The lowest BCUT2D eigenvalue weighted by Crippen LogP contribution is -2.53. The Bertz CT molecular complexity index is 1470. The lowest BCUT2D eigenvalue weighted by molar-refractivity contribution is -0.173. The number of aliphatic hydroxyl groups is 1. The highest BCUT2D eigenvalue weighted by atomic mass is 19.4. The second kappa shape index (κ2) is 10.7. The van der Waals surface area contributed by atoms with Crippen LogP contribution in [-0.2, 0) is 4.79 Å². The van der Waals surface area contributed by atoms with Crippen molar-refractivity contribution < 1.29 is 32.3 Å². The summed E-state index contributed by atoms with van der Waals surface area (Å²) >= 11 is 0. The smallest absolute Gasteiger partial charge is 0.387 e. The van der Waals surface area contributed by atoms with Crippen LogP contribution in [-0.4, -0.2) is 68.6 Å². The third kappa shape index (κ3) is 5.99. The summed E-state index contributed by atoms with van der Waals surface area (Å²) < 4.78 is 54.4. The fraction of sp³-hybridized carbons (Fsp3) is 0.423. The molecule has 10 nitrogen and oxygen atoms in total. The van der Waals surface area contributed by atoms with Crippen LogP contribution in [0.3, 0.4) is 0 Å². The molecular weight excluding hydrogens is 534 g/mol. The first-order valence-corrected chi connectivity index (χ1v) is 12.3. The van der Waals surface area contributed by atoms with Crippen LogP contribution in [0.15, 0.2) is 36.7 Å². The average molecular weight is 562 g/mol. The maximum Gasteiger partial charge on any atom is 0.471 e. The van der Waals surface area contributed by atoms with Crippen LogP contribution in [0.2, 0.25) is 0 Å². The van der Waals surface area contributed by atoms with Crippen LogP contribution in [0.1, 0.15) is 42.6 Å². The SMILES string of the molecule is CC(C)(O)[C@H](F)CN(c1cc(-c2ccc3cc(C#N)cnn23)ncc1C(N)=O)C1CC(CNC(=O)C(F)(F)F)C1. The first-order valence-electron chi connectivity index (χ1n) is 12.3. The van der Waals surface area contributed by atoms with E-state index in [2.05, 4.69) is 10.1 Å². The quantitative estimate of drug-likeness (QED) is 0.340. The molecule has 4 rings (SSSR count). The molecule has 2 amide bonds. The molecule has 0 saturated heterocycles. The number of hydrogen-bond donors (Lipinski definition) is 3. The number of nitrogens with two attached hydrogens (primary N) is 1. The lowest BCUT2D eigenvalue weighted by atomic mass is 9.78. The Morgan fingerprint density at radius 3 is 2.58 bits per heavy atom. The summed E-state index contributed by atoms with van der Waals surface area (Å²) in [5.74, 6) is -3.18.